The number of halogens is 3. The first kappa shape index (κ1) is 17.1. The molecule has 0 saturated heterocycles. The fourth-order valence-corrected chi connectivity index (χ4v) is 1.89. The number of carboxylic acid groups (broad SMARTS) is 1. The third kappa shape index (κ3) is 3.37. The Balaban J connectivity index is 0.00000200. The van der Waals surface area contributed by atoms with Gasteiger partial charge in [-0.25, -0.2) is 4.79 Å². The van der Waals surface area contributed by atoms with Crippen molar-refractivity contribution in [2.45, 2.75) is 25.6 Å². The summed E-state index contributed by atoms with van der Waals surface area (Å²) in [5.41, 5.74) is 0.458. The predicted octanol–water partition coefficient (Wildman–Crippen LogP) is 2.39. The number of aliphatic carboxylic acids is 1. The summed E-state index contributed by atoms with van der Waals surface area (Å²) >= 11 is 0. The second-order valence-corrected chi connectivity index (χ2v) is 4.17. The summed E-state index contributed by atoms with van der Waals surface area (Å²) in [6.45, 7) is 1.89. The van der Waals surface area contributed by atoms with Crippen LogP contribution in [0.4, 0.5) is 13.2 Å². The van der Waals surface area contributed by atoms with Gasteiger partial charge in [0, 0.05) is 5.56 Å². The molecule has 1 atom stereocenters. The molecular weight excluding hydrogens is 284 g/mol. The zero-order valence-corrected chi connectivity index (χ0v) is 9.99. The molecule has 1 aliphatic rings. The number of hydrogen-bond acceptors (Lipinski definition) is 2. The second kappa shape index (κ2) is 6.20. The molecule has 0 unspecified atom stereocenters. The summed E-state index contributed by atoms with van der Waals surface area (Å²) in [4.78, 5) is 10.9. The molecule has 7 heteroatoms. The van der Waals surface area contributed by atoms with Crippen LogP contribution in [0.5, 0.6) is 5.75 Å². The van der Waals surface area contributed by atoms with E-state index in [1.807, 2.05) is 6.92 Å². The zero-order chi connectivity index (χ0) is 14.2. The number of hydrogen-bond donors (Lipinski definition) is 1. The molecule has 1 aromatic carbocycles. The molecule has 0 saturated carbocycles. The number of fused-ring (bicyclic) bond motifs is 1. The molecule has 2 rings (SSSR count). The van der Waals surface area contributed by atoms with Crippen LogP contribution in [0.15, 0.2) is 23.8 Å². The second-order valence-electron chi connectivity index (χ2n) is 4.17. The molecule has 20 heavy (non-hydrogen) atoms. The Morgan fingerprint density at radius 1 is 1.40 bits per heavy atom. The minimum atomic E-state index is -4.76. The van der Waals surface area contributed by atoms with Gasteiger partial charge in [-0.2, -0.15) is 13.2 Å². The van der Waals surface area contributed by atoms with E-state index < -0.39 is 23.8 Å². The molecule has 0 radical (unpaired) electrons. The summed E-state index contributed by atoms with van der Waals surface area (Å²) in [5.74, 6) is -1.58. The molecule has 3 nitrogen and oxygen atoms in total. The number of benzene rings is 1. The van der Waals surface area contributed by atoms with E-state index >= 15 is 0 Å². The minimum absolute atomic E-state index is 0. The molecule has 0 aliphatic carbocycles. The zero-order valence-electron chi connectivity index (χ0n) is 9.99. The summed E-state index contributed by atoms with van der Waals surface area (Å²) in [6, 6.07) is 4.72. The van der Waals surface area contributed by atoms with Gasteiger partial charge in [0.15, 0.2) is 0 Å². The Kier molecular flexibility index (Phi) is 5.29. The number of alkyl halides is 3. The molecule has 1 aromatic rings. The fraction of sp³-hybridized carbons (Fsp3) is 0.308. The van der Waals surface area contributed by atoms with Crippen molar-refractivity contribution in [3.05, 3.63) is 34.9 Å². The van der Waals surface area contributed by atoms with Crippen molar-refractivity contribution in [3.8, 4) is 5.75 Å². The van der Waals surface area contributed by atoms with Gasteiger partial charge in [-0.1, -0.05) is 13.0 Å². The van der Waals surface area contributed by atoms with Gasteiger partial charge in [0.25, 0.3) is 0 Å². The molecule has 1 aliphatic heterocycles. The van der Waals surface area contributed by atoms with Crippen LogP contribution in [-0.2, 0) is 11.2 Å². The summed E-state index contributed by atoms with van der Waals surface area (Å²) < 4.78 is 43.1. The van der Waals surface area contributed by atoms with E-state index in [4.69, 9.17) is 9.84 Å². The van der Waals surface area contributed by atoms with Crippen molar-refractivity contribution in [1.82, 2.24) is 0 Å². The Labute approximate surface area is 135 Å². The SMILES string of the molecule is CCc1ccc2c(c1)C=C(C(=O)O)[C@H](C(F)(F)F)O2.[NaH]. The van der Waals surface area contributed by atoms with Crippen LogP contribution < -0.4 is 4.74 Å². The molecule has 0 aromatic heterocycles. The molecule has 1 N–H and O–H groups in total. The number of carbonyl (C=O) groups is 1. The van der Waals surface area contributed by atoms with Gasteiger partial charge in [0.1, 0.15) is 5.75 Å². The molecule has 0 fully saturated rings. The average Bonchev–Trinajstić information content (AvgIpc) is 2.35. The standard InChI is InChI=1S/C13H11F3O3.Na.H/c1-2-7-3-4-10-8(5-7)6-9(12(17)18)11(19-10)13(14,15)16;;/h3-6,11H,2H2,1H3,(H,17,18);;/t11-;;/m1../s1. The van der Waals surface area contributed by atoms with Gasteiger partial charge in [-0.05, 0) is 30.2 Å². The Bertz CT molecular complexity index is 552. The fourth-order valence-electron chi connectivity index (χ4n) is 1.89. The first-order valence-electron chi connectivity index (χ1n) is 5.64. The molecular formula is C13H12F3NaO3. The van der Waals surface area contributed by atoms with Gasteiger partial charge in [0.2, 0.25) is 6.10 Å². The van der Waals surface area contributed by atoms with Crippen molar-refractivity contribution in [1.29, 1.82) is 0 Å². The van der Waals surface area contributed by atoms with E-state index in [1.54, 1.807) is 12.1 Å². The van der Waals surface area contributed by atoms with Crippen molar-refractivity contribution in [2.24, 2.45) is 0 Å². The topological polar surface area (TPSA) is 46.5 Å². The number of carboxylic acids is 1. The van der Waals surface area contributed by atoms with Gasteiger partial charge in [-0.3, -0.25) is 0 Å². The first-order chi connectivity index (χ1) is 8.82. The molecule has 1 heterocycles. The monoisotopic (exact) mass is 296 g/mol. The van der Waals surface area contributed by atoms with Crippen LogP contribution in [0.1, 0.15) is 18.1 Å². The maximum absolute atomic E-state index is 12.8. The number of ether oxygens (including phenoxy) is 1. The Morgan fingerprint density at radius 2 is 2.05 bits per heavy atom. The first-order valence-corrected chi connectivity index (χ1v) is 5.64. The van der Waals surface area contributed by atoms with Crippen LogP contribution in [-0.4, -0.2) is 52.9 Å². The summed E-state index contributed by atoms with van der Waals surface area (Å²) in [7, 11) is 0. The number of rotatable bonds is 2. The van der Waals surface area contributed by atoms with Gasteiger partial charge < -0.3 is 9.84 Å². The quantitative estimate of drug-likeness (QED) is 0.852. The van der Waals surface area contributed by atoms with Gasteiger partial charge in [0.05, 0.1) is 5.57 Å². The van der Waals surface area contributed by atoms with E-state index in [0.29, 0.717) is 12.0 Å². The maximum atomic E-state index is 12.8. The normalized spacial score (nSPS) is 17.4. The molecule has 104 valence electrons. The third-order valence-electron chi connectivity index (χ3n) is 2.86. The van der Waals surface area contributed by atoms with Crippen molar-refractivity contribution < 1.29 is 27.8 Å². The Morgan fingerprint density at radius 3 is 2.55 bits per heavy atom. The van der Waals surface area contributed by atoms with E-state index in [2.05, 4.69) is 0 Å². The van der Waals surface area contributed by atoms with Gasteiger partial charge >= 0.3 is 41.7 Å². The van der Waals surface area contributed by atoms with Crippen molar-refractivity contribution in [2.75, 3.05) is 0 Å². The number of aryl methyl sites for hydroxylation is 1. The van der Waals surface area contributed by atoms with Gasteiger partial charge in [-0.15, -0.1) is 0 Å². The van der Waals surface area contributed by atoms with Crippen LogP contribution in [0.2, 0.25) is 0 Å². The molecule has 0 amide bonds. The summed E-state index contributed by atoms with van der Waals surface area (Å²) in [6.07, 6.45) is -5.46. The van der Waals surface area contributed by atoms with Crippen molar-refractivity contribution in [3.63, 3.8) is 0 Å². The van der Waals surface area contributed by atoms with Crippen LogP contribution in [0.25, 0.3) is 6.08 Å². The van der Waals surface area contributed by atoms with Crippen LogP contribution in [0.3, 0.4) is 0 Å². The van der Waals surface area contributed by atoms with E-state index in [-0.39, 0.29) is 35.3 Å². The van der Waals surface area contributed by atoms with Crippen LogP contribution >= 0.6 is 0 Å². The van der Waals surface area contributed by atoms with E-state index in [9.17, 15) is 18.0 Å². The summed E-state index contributed by atoms with van der Waals surface area (Å²) in [5, 5.41) is 8.88. The molecule has 0 spiro atoms. The van der Waals surface area contributed by atoms with E-state index in [1.165, 1.54) is 6.07 Å². The van der Waals surface area contributed by atoms with Crippen LogP contribution in [0, 0.1) is 0 Å². The van der Waals surface area contributed by atoms with E-state index in [0.717, 1.165) is 11.6 Å². The predicted molar refractivity (Wildman–Crippen MR) is 69.1 cm³/mol. The third-order valence-corrected chi connectivity index (χ3v) is 2.86. The van der Waals surface area contributed by atoms with Crippen molar-refractivity contribution >= 4 is 41.6 Å². The Hall–Kier alpha value is -0.980. The molecule has 0 bridgehead atoms. The average molecular weight is 296 g/mol.